The van der Waals surface area contributed by atoms with Crippen molar-refractivity contribution in [3.63, 3.8) is 0 Å². The lowest BCUT2D eigenvalue weighted by Gasteiger charge is -1.95. The number of anilines is 1. The second kappa shape index (κ2) is 3.19. The molecular formula is C9H12N2. The van der Waals surface area contributed by atoms with Crippen molar-refractivity contribution in [2.24, 2.45) is 4.99 Å². The van der Waals surface area contributed by atoms with Crippen molar-refractivity contribution in [1.29, 1.82) is 0 Å². The predicted octanol–water partition coefficient (Wildman–Crippen LogP) is 2.38. The zero-order chi connectivity index (χ0) is 8.27. The highest BCUT2D eigenvalue weighted by molar-refractivity contribution is 5.82. The van der Waals surface area contributed by atoms with Crippen LogP contribution in [0.15, 0.2) is 29.3 Å². The Morgan fingerprint density at radius 2 is 2.09 bits per heavy atom. The fourth-order valence-corrected chi connectivity index (χ4v) is 0.853. The number of aliphatic imine (C=N–C) groups is 1. The Hall–Kier alpha value is -1.31. The highest BCUT2D eigenvalue weighted by Gasteiger charge is 1.88. The minimum Gasteiger partial charge on any atom is -0.399 e. The molecule has 1 aromatic rings. The molecule has 58 valence electrons. The van der Waals surface area contributed by atoms with Gasteiger partial charge in [-0.15, -0.1) is 0 Å². The molecule has 0 aliphatic rings. The Kier molecular flexibility index (Phi) is 2.26. The van der Waals surface area contributed by atoms with Crippen LogP contribution in [-0.4, -0.2) is 5.71 Å². The van der Waals surface area contributed by atoms with E-state index in [1.165, 1.54) is 0 Å². The number of nitrogens with two attached hydrogens (primary N) is 1. The second-order valence-corrected chi connectivity index (χ2v) is 2.65. The number of hydrogen-bond donors (Lipinski definition) is 1. The molecular weight excluding hydrogens is 136 g/mol. The number of rotatable bonds is 1. The van der Waals surface area contributed by atoms with Gasteiger partial charge in [-0.2, -0.15) is 0 Å². The van der Waals surface area contributed by atoms with Gasteiger partial charge in [0.1, 0.15) is 0 Å². The van der Waals surface area contributed by atoms with Crippen molar-refractivity contribution in [3.05, 3.63) is 24.3 Å². The molecule has 1 aromatic carbocycles. The molecule has 0 heterocycles. The van der Waals surface area contributed by atoms with Gasteiger partial charge in [-0.1, -0.05) is 6.07 Å². The molecule has 0 atom stereocenters. The van der Waals surface area contributed by atoms with Gasteiger partial charge >= 0.3 is 0 Å². The van der Waals surface area contributed by atoms with E-state index in [1.807, 2.05) is 38.1 Å². The van der Waals surface area contributed by atoms with Crippen LogP contribution in [-0.2, 0) is 0 Å². The van der Waals surface area contributed by atoms with Gasteiger partial charge in [0.15, 0.2) is 0 Å². The topological polar surface area (TPSA) is 38.4 Å². The largest absolute Gasteiger partial charge is 0.399 e. The van der Waals surface area contributed by atoms with Crippen LogP contribution in [0, 0.1) is 0 Å². The van der Waals surface area contributed by atoms with E-state index < -0.39 is 0 Å². The van der Waals surface area contributed by atoms with E-state index in [9.17, 15) is 0 Å². The molecule has 0 radical (unpaired) electrons. The van der Waals surface area contributed by atoms with Gasteiger partial charge in [-0.25, -0.2) is 0 Å². The Morgan fingerprint density at radius 3 is 2.64 bits per heavy atom. The van der Waals surface area contributed by atoms with Crippen LogP contribution in [0.2, 0.25) is 0 Å². The van der Waals surface area contributed by atoms with E-state index in [4.69, 9.17) is 5.73 Å². The van der Waals surface area contributed by atoms with Gasteiger partial charge in [-0.3, -0.25) is 4.99 Å². The van der Waals surface area contributed by atoms with Crippen molar-refractivity contribution in [2.75, 3.05) is 5.73 Å². The first-order valence-corrected chi connectivity index (χ1v) is 3.56. The lowest BCUT2D eigenvalue weighted by Crippen LogP contribution is -1.83. The van der Waals surface area contributed by atoms with E-state index in [2.05, 4.69) is 4.99 Å². The summed E-state index contributed by atoms with van der Waals surface area (Å²) in [6, 6.07) is 7.54. The van der Waals surface area contributed by atoms with E-state index in [1.54, 1.807) is 0 Å². The van der Waals surface area contributed by atoms with Crippen LogP contribution in [0.4, 0.5) is 11.4 Å². The van der Waals surface area contributed by atoms with E-state index in [0.29, 0.717) is 0 Å². The predicted molar refractivity (Wildman–Crippen MR) is 49.3 cm³/mol. The Morgan fingerprint density at radius 1 is 1.36 bits per heavy atom. The summed E-state index contributed by atoms with van der Waals surface area (Å²) in [6.07, 6.45) is 0. The molecule has 2 N–H and O–H groups in total. The van der Waals surface area contributed by atoms with Crippen LogP contribution in [0.3, 0.4) is 0 Å². The molecule has 2 heteroatoms. The molecule has 0 aliphatic heterocycles. The maximum absolute atomic E-state index is 5.57. The SMILES string of the molecule is CC(C)=Nc1cccc(N)c1. The first-order valence-electron chi connectivity index (χ1n) is 3.56. The van der Waals surface area contributed by atoms with E-state index in [0.717, 1.165) is 17.1 Å². The maximum atomic E-state index is 5.57. The van der Waals surface area contributed by atoms with Gasteiger partial charge < -0.3 is 5.73 Å². The normalized spacial score (nSPS) is 9.27. The molecule has 0 fully saturated rings. The highest BCUT2D eigenvalue weighted by atomic mass is 14.7. The molecule has 0 aliphatic carbocycles. The van der Waals surface area contributed by atoms with Crippen molar-refractivity contribution in [1.82, 2.24) is 0 Å². The van der Waals surface area contributed by atoms with Crippen LogP contribution in [0.5, 0.6) is 0 Å². The fraction of sp³-hybridized carbons (Fsp3) is 0.222. The fourth-order valence-electron chi connectivity index (χ4n) is 0.853. The molecule has 0 spiro atoms. The zero-order valence-electron chi connectivity index (χ0n) is 6.83. The smallest absolute Gasteiger partial charge is 0.0649 e. The lowest BCUT2D eigenvalue weighted by atomic mass is 10.3. The number of nitrogens with zero attached hydrogens (tertiary/aromatic N) is 1. The average molecular weight is 148 g/mol. The third-order valence-electron chi connectivity index (χ3n) is 1.22. The average Bonchev–Trinajstić information content (AvgIpc) is 1.85. The molecule has 0 saturated heterocycles. The monoisotopic (exact) mass is 148 g/mol. The van der Waals surface area contributed by atoms with E-state index >= 15 is 0 Å². The third kappa shape index (κ3) is 2.42. The Bertz CT molecular complexity index is 273. The molecule has 0 unspecified atom stereocenters. The van der Waals surface area contributed by atoms with Crippen LogP contribution < -0.4 is 5.73 Å². The van der Waals surface area contributed by atoms with Crippen LogP contribution in [0.1, 0.15) is 13.8 Å². The lowest BCUT2D eigenvalue weighted by molar-refractivity contribution is 1.48. The molecule has 0 aromatic heterocycles. The highest BCUT2D eigenvalue weighted by Crippen LogP contribution is 2.15. The van der Waals surface area contributed by atoms with Gasteiger partial charge in [0.25, 0.3) is 0 Å². The summed E-state index contributed by atoms with van der Waals surface area (Å²) in [6.45, 7) is 3.92. The first-order chi connectivity index (χ1) is 5.18. The Balaban J connectivity index is 2.97. The van der Waals surface area contributed by atoms with Crippen molar-refractivity contribution >= 4 is 17.1 Å². The molecule has 1 rings (SSSR count). The van der Waals surface area contributed by atoms with Crippen molar-refractivity contribution < 1.29 is 0 Å². The van der Waals surface area contributed by atoms with Crippen LogP contribution >= 0.6 is 0 Å². The molecule has 0 bridgehead atoms. The first kappa shape index (κ1) is 7.79. The van der Waals surface area contributed by atoms with Crippen molar-refractivity contribution in [2.45, 2.75) is 13.8 Å². The minimum absolute atomic E-state index is 0.757. The third-order valence-corrected chi connectivity index (χ3v) is 1.22. The van der Waals surface area contributed by atoms with Crippen molar-refractivity contribution in [3.8, 4) is 0 Å². The summed E-state index contributed by atoms with van der Waals surface area (Å²) in [5.41, 5.74) is 8.28. The van der Waals surface area contributed by atoms with Gasteiger partial charge in [0.2, 0.25) is 0 Å². The van der Waals surface area contributed by atoms with Gasteiger partial charge in [0.05, 0.1) is 5.69 Å². The van der Waals surface area contributed by atoms with Gasteiger partial charge in [0, 0.05) is 11.4 Å². The standard InChI is InChI=1S/C9H12N2/c1-7(2)11-9-5-3-4-8(10)6-9/h3-6H,10H2,1-2H3. The van der Waals surface area contributed by atoms with Crippen LogP contribution in [0.25, 0.3) is 0 Å². The minimum atomic E-state index is 0.757. The number of hydrogen-bond acceptors (Lipinski definition) is 2. The number of benzene rings is 1. The summed E-state index contributed by atoms with van der Waals surface area (Å²) >= 11 is 0. The zero-order valence-corrected chi connectivity index (χ0v) is 6.83. The Labute approximate surface area is 66.8 Å². The second-order valence-electron chi connectivity index (χ2n) is 2.65. The molecule has 2 nitrogen and oxygen atoms in total. The summed E-state index contributed by atoms with van der Waals surface area (Å²) in [5.74, 6) is 0. The summed E-state index contributed by atoms with van der Waals surface area (Å²) < 4.78 is 0. The maximum Gasteiger partial charge on any atom is 0.0649 e. The summed E-state index contributed by atoms with van der Waals surface area (Å²) in [7, 11) is 0. The summed E-state index contributed by atoms with van der Waals surface area (Å²) in [4.78, 5) is 4.26. The number of nitrogen functional groups attached to an aromatic ring is 1. The molecule has 0 saturated carbocycles. The quantitative estimate of drug-likeness (QED) is 0.482. The molecule has 11 heavy (non-hydrogen) atoms. The van der Waals surface area contributed by atoms with Gasteiger partial charge in [-0.05, 0) is 32.0 Å². The molecule has 0 amide bonds. The summed E-state index contributed by atoms with van der Waals surface area (Å²) in [5, 5.41) is 0. The van der Waals surface area contributed by atoms with E-state index in [-0.39, 0.29) is 0 Å².